The second-order valence-electron chi connectivity index (χ2n) is 7.58. The van der Waals surface area contributed by atoms with E-state index in [1.54, 1.807) is 31.2 Å². The molecule has 1 aliphatic rings. The topological polar surface area (TPSA) is 80.1 Å². The highest BCUT2D eigenvalue weighted by Crippen LogP contribution is 2.15. The molecule has 1 N–H and O–H groups in total. The monoisotopic (exact) mass is 391 g/mol. The first-order valence-corrected chi connectivity index (χ1v) is 10.0. The van der Waals surface area contributed by atoms with Crippen molar-refractivity contribution < 1.29 is 4.79 Å². The van der Waals surface area contributed by atoms with Crippen molar-refractivity contribution in [3.8, 4) is 0 Å². The highest BCUT2D eigenvalue weighted by atomic mass is 16.2. The number of hydrogen-bond donors (Lipinski definition) is 1. The average molecular weight is 391 g/mol. The molecule has 1 amide bonds. The molecule has 7 heteroatoms. The first-order valence-electron chi connectivity index (χ1n) is 10.0. The predicted octanol–water partition coefficient (Wildman–Crippen LogP) is 2.13. The number of likely N-dealkylation sites (tertiary alicyclic amines) is 1. The third kappa shape index (κ3) is 4.35. The van der Waals surface area contributed by atoms with E-state index in [0.29, 0.717) is 10.9 Å². The van der Waals surface area contributed by atoms with Gasteiger partial charge in [0, 0.05) is 25.7 Å². The van der Waals surface area contributed by atoms with Gasteiger partial charge in [0.2, 0.25) is 5.91 Å². The van der Waals surface area contributed by atoms with Crippen LogP contribution in [0.1, 0.15) is 31.4 Å². The Bertz CT molecular complexity index is 1040. The molecule has 4 rings (SSSR count). The van der Waals surface area contributed by atoms with Gasteiger partial charge in [0.15, 0.2) is 0 Å². The van der Waals surface area contributed by atoms with E-state index in [-0.39, 0.29) is 17.5 Å². The summed E-state index contributed by atoms with van der Waals surface area (Å²) in [6.07, 6.45) is 1.78. The molecule has 1 atom stereocenters. The van der Waals surface area contributed by atoms with Gasteiger partial charge in [-0.25, -0.2) is 0 Å². The molecular formula is C22H25N5O2. The molecule has 150 valence electrons. The standard InChI is InChI=1S/C22H25N5O2/c1-16(27-22(29)19-9-5-6-10-20(19)24-25-27)21(28)23-18-11-13-26(14-12-18)15-17-7-3-2-4-8-17/h2-10,16,18H,11-15H2,1H3,(H,23,28). The molecule has 0 spiro atoms. The van der Waals surface area contributed by atoms with Crippen molar-refractivity contribution in [3.63, 3.8) is 0 Å². The van der Waals surface area contributed by atoms with Gasteiger partial charge in [0.05, 0.1) is 5.39 Å². The van der Waals surface area contributed by atoms with Crippen LogP contribution in [0.5, 0.6) is 0 Å². The first kappa shape index (κ1) is 19.3. The molecule has 2 aromatic carbocycles. The van der Waals surface area contributed by atoms with Gasteiger partial charge in [0.1, 0.15) is 11.6 Å². The van der Waals surface area contributed by atoms with Crippen LogP contribution in [-0.2, 0) is 11.3 Å². The predicted molar refractivity (Wildman–Crippen MR) is 111 cm³/mol. The molecule has 0 radical (unpaired) electrons. The van der Waals surface area contributed by atoms with Gasteiger partial charge in [-0.2, -0.15) is 4.68 Å². The Morgan fingerprint density at radius 1 is 1.10 bits per heavy atom. The summed E-state index contributed by atoms with van der Waals surface area (Å²) in [4.78, 5) is 27.8. The van der Waals surface area contributed by atoms with E-state index >= 15 is 0 Å². The summed E-state index contributed by atoms with van der Waals surface area (Å²) in [5.41, 5.74) is 1.54. The number of rotatable bonds is 5. The number of fused-ring (bicyclic) bond motifs is 1. The lowest BCUT2D eigenvalue weighted by molar-refractivity contribution is -0.125. The van der Waals surface area contributed by atoms with E-state index in [1.807, 2.05) is 6.07 Å². The second-order valence-corrected chi connectivity index (χ2v) is 7.58. The molecule has 3 aromatic rings. The number of piperidine rings is 1. The van der Waals surface area contributed by atoms with Crippen LogP contribution >= 0.6 is 0 Å². The smallest absolute Gasteiger partial charge is 0.278 e. The fourth-order valence-corrected chi connectivity index (χ4v) is 3.77. The molecule has 1 saturated heterocycles. The van der Waals surface area contributed by atoms with Crippen molar-refractivity contribution in [2.24, 2.45) is 0 Å². The van der Waals surface area contributed by atoms with Crippen LogP contribution in [0.3, 0.4) is 0 Å². The van der Waals surface area contributed by atoms with Crippen molar-refractivity contribution >= 4 is 16.8 Å². The van der Waals surface area contributed by atoms with Gasteiger partial charge in [-0.15, -0.1) is 5.10 Å². The normalized spacial score (nSPS) is 16.6. The van der Waals surface area contributed by atoms with E-state index in [4.69, 9.17) is 0 Å². The number of carbonyl (C=O) groups is 1. The van der Waals surface area contributed by atoms with Crippen molar-refractivity contribution in [2.45, 2.75) is 38.4 Å². The van der Waals surface area contributed by atoms with Gasteiger partial charge in [-0.05, 0) is 37.5 Å². The summed E-state index contributed by atoms with van der Waals surface area (Å²) in [6.45, 7) is 4.48. The summed E-state index contributed by atoms with van der Waals surface area (Å²) in [7, 11) is 0. The minimum Gasteiger partial charge on any atom is -0.351 e. The number of amides is 1. The van der Waals surface area contributed by atoms with Crippen LogP contribution in [0, 0.1) is 0 Å². The maximum atomic E-state index is 12.7. The minimum absolute atomic E-state index is 0.112. The van der Waals surface area contributed by atoms with E-state index in [2.05, 4.69) is 44.8 Å². The number of carbonyl (C=O) groups excluding carboxylic acids is 1. The van der Waals surface area contributed by atoms with Gasteiger partial charge in [-0.3, -0.25) is 14.5 Å². The molecule has 2 heterocycles. The zero-order valence-electron chi connectivity index (χ0n) is 16.5. The third-order valence-electron chi connectivity index (χ3n) is 5.52. The van der Waals surface area contributed by atoms with Crippen molar-refractivity contribution in [1.29, 1.82) is 0 Å². The quantitative estimate of drug-likeness (QED) is 0.721. The third-order valence-corrected chi connectivity index (χ3v) is 5.52. The number of hydrogen-bond acceptors (Lipinski definition) is 5. The van der Waals surface area contributed by atoms with E-state index in [1.165, 1.54) is 10.2 Å². The van der Waals surface area contributed by atoms with E-state index in [0.717, 1.165) is 32.5 Å². The summed E-state index contributed by atoms with van der Waals surface area (Å²) in [6, 6.07) is 16.8. The average Bonchev–Trinajstić information content (AvgIpc) is 2.76. The summed E-state index contributed by atoms with van der Waals surface area (Å²) in [5.74, 6) is -0.196. The maximum absolute atomic E-state index is 12.7. The highest BCUT2D eigenvalue weighted by molar-refractivity contribution is 5.81. The lowest BCUT2D eigenvalue weighted by atomic mass is 10.0. The zero-order valence-corrected chi connectivity index (χ0v) is 16.5. The molecule has 1 fully saturated rings. The lowest BCUT2D eigenvalue weighted by Crippen LogP contribution is -2.47. The van der Waals surface area contributed by atoms with Crippen LogP contribution in [0.2, 0.25) is 0 Å². The van der Waals surface area contributed by atoms with Gasteiger partial charge in [0.25, 0.3) is 5.56 Å². The number of nitrogens with zero attached hydrogens (tertiary/aromatic N) is 4. The van der Waals surface area contributed by atoms with Gasteiger partial charge in [-0.1, -0.05) is 47.7 Å². The van der Waals surface area contributed by atoms with Crippen molar-refractivity contribution in [3.05, 3.63) is 70.5 Å². The van der Waals surface area contributed by atoms with Crippen LogP contribution in [0.15, 0.2) is 59.4 Å². The zero-order chi connectivity index (χ0) is 20.2. The number of aromatic nitrogens is 3. The number of nitrogens with one attached hydrogen (secondary N) is 1. The Morgan fingerprint density at radius 2 is 1.79 bits per heavy atom. The molecule has 0 aliphatic carbocycles. The van der Waals surface area contributed by atoms with Crippen LogP contribution < -0.4 is 10.9 Å². The number of benzene rings is 2. The van der Waals surface area contributed by atoms with Crippen LogP contribution in [0.25, 0.3) is 10.9 Å². The molecule has 0 bridgehead atoms. The molecule has 0 saturated carbocycles. The van der Waals surface area contributed by atoms with E-state index < -0.39 is 6.04 Å². The maximum Gasteiger partial charge on any atom is 0.278 e. The van der Waals surface area contributed by atoms with Crippen molar-refractivity contribution in [2.75, 3.05) is 13.1 Å². The van der Waals surface area contributed by atoms with E-state index in [9.17, 15) is 9.59 Å². The highest BCUT2D eigenvalue weighted by Gasteiger charge is 2.25. The second kappa shape index (κ2) is 8.53. The lowest BCUT2D eigenvalue weighted by Gasteiger charge is -2.32. The Labute approximate surface area is 169 Å². The largest absolute Gasteiger partial charge is 0.351 e. The summed E-state index contributed by atoms with van der Waals surface area (Å²) in [5, 5.41) is 11.6. The molecule has 1 aliphatic heterocycles. The Kier molecular flexibility index (Phi) is 5.67. The summed E-state index contributed by atoms with van der Waals surface area (Å²) < 4.78 is 1.17. The fourth-order valence-electron chi connectivity index (χ4n) is 3.77. The summed E-state index contributed by atoms with van der Waals surface area (Å²) >= 11 is 0. The molecule has 1 unspecified atom stereocenters. The molecule has 29 heavy (non-hydrogen) atoms. The Morgan fingerprint density at radius 3 is 2.55 bits per heavy atom. The van der Waals surface area contributed by atoms with Gasteiger partial charge >= 0.3 is 0 Å². The Balaban J connectivity index is 1.35. The molecule has 7 nitrogen and oxygen atoms in total. The van der Waals surface area contributed by atoms with Crippen LogP contribution in [-0.4, -0.2) is 44.9 Å². The fraction of sp³-hybridized carbons (Fsp3) is 0.364. The molecule has 1 aromatic heterocycles. The first-order chi connectivity index (χ1) is 14.1. The molecular weight excluding hydrogens is 366 g/mol. The van der Waals surface area contributed by atoms with Crippen molar-refractivity contribution in [1.82, 2.24) is 25.2 Å². The van der Waals surface area contributed by atoms with Crippen LogP contribution in [0.4, 0.5) is 0 Å². The SMILES string of the molecule is CC(C(=O)NC1CCN(Cc2ccccc2)CC1)n1nnc2ccccc2c1=O. The van der Waals surface area contributed by atoms with Gasteiger partial charge < -0.3 is 5.32 Å². The minimum atomic E-state index is -0.707. The Hall–Kier alpha value is -3.06.